The van der Waals surface area contributed by atoms with Gasteiger partial charge in [-0.3, -0.25) is 9.69 Å². The van der Waals surface area contributed by atoms with E-state index in [1.165, 1.54) is 12.8 Å². The summed E-state index contributed by atoms with van der Waals surface area (Å²) in [6.07, 6.45) is 3.66. The number of benzene rings is 1. The highest BCUT2D eigenvalue weighted by molar-refractivity contribution is 6.30. The number of ether oxygens (including phenoxy) is 1. The molecule has 1 aromatic rings. The summed E-state index contributed by atoms with van der Waals surface area (Å²) in [5, 5.41) is 3.85. The van der Waals surface area contributed by atoms with Crippen molar-refractivity contribution < 1.29 is 14.3 Å². The third-order valence-electron chi connectivity index (χ3n) is 5.60. The fraction of sp³-hybridized carbons (Fsp3) is 0.619. The van der Waals surface area contributed by atoms with Gasteiger partial charge >= 0.3 is 6.09 Å². The minimum atomic E-state index is -0.325. The van der Waals surface area contributed by atoms with E-state index in [1.54, 1.807) is 11.8 Å². The average molecular weight is 408 g/mol. The third-order valence-corrected chi connectivity index (χ3v) is 5.84. The van der Waals surface area contributed by atoms with E-state index in [0.717, 1.165) is 31.5 Å². The molecule has 2 amide bonds. The van der Waals surface area contributed by atoms with Gasteiger partial charge in [0.2, 0.25) is 5.91 Å². The Labute approximate surface area is 172 Å². The van der Waals surface area contributed by atoms with Gasteiger partial charge in [-0.1, -0.05) is 23.7 Å². The van der Waals surface area contributed by atoms with Gasteiger partial charge in [0.25, 0.3) is 0 Å². The number of hydrogen-bond donors (Lipinski definition) is 1. The average Bonchev–Trinajstić information content (AvgIpc) is 3.23. The van der Waals surface area contributed by atoms with Gasteiger partial charge in [-0.15, -0.1) is 0 Å². The van der Waals surface area contributed by atoms with E-state index in [2.05, 4.69) is 16.3 Å². The zero-order chi connectivity index (χ0) is 19.9. The fourth-order valence-corrected chi connectivity index (χ4v) is 4.34. The minimum Gasteiger partial charge on any atom is -0.450 e. The standard InChI is InChI=1S/C21H30ClN3O3/c1-2-28-21(27)25-12-6-8-17(15-25)20(26)23-14-19(24-10-3-4-11-24)16-7-5-9-18(22)13-16/h5,7,9,13,17,19H,2-4,6,8,10-12,14-15H2,1H3,(H,23,26). The maximum absolute atomic E-state index is 12.8. The number of amides is 2. The van der Waals surface area contributed by atoms with Crippen LogP contribution in [0.5, 0.6) is 0 Å². The van der Waals surface area contributed by atoms with Crippen LogP contribution in [0.3, 0.4) is 0 Å². The molecule has 154 valence electrons. The van der Waals surface area contributed by atoms with Gasteiger partial charge in [0.05, 0.1) is 18.6 Å². The summed E-state index contributed by atoms with van der Waals surface area (Å²) in [5.41, 5.74) is 1.13. The van der Waals surface area contributed by atoms with Crippen molar-refractivity contribution in [2.24, 2.45) is 5.92 Å². The lowest BCUT2D eigenvalue weighted by molar-refractivity contribution is -0.126. The van der Waals surface area contributed by atoms with Crippen molar-refractivity contribution in [1.82, 2.24) is 15.1 Å². The zero-order valence-corrected chi connectivity index (χ0v) is 17.3. The molecule has 7 heteroatoms. The van der Waals surface area contributed by atoms with Gasteiger partial charge in [0.15, 0.2) is 0 Å². The summed E-state index contributed by atoms with van der Waals surface area (Å²) in [5.74, 6) is -0.169. The van der Waals surface area contributed by atoms with Crippen LogP contribution in [0.4, 0.5) is 4.79 Å². The first-order valence-corrected chi connectivity index (χ1v) is 10.6. The second-order valence-electron chi connectivity index (χ2n) is 7.54. The van der Waals surface area contributed by atoms with Crippen molar-refractivity contribution in [3.8, 4) is 0 Å². The van der Waals surface area contributed by atoms with E-state index < -0.39 is 0 Å². The molecular weight excluding hydrogens is 378 g/mol. The Morgan fingerprint density at radius 2 is 2.04 bits per heavy atom. The van der Waals surface area contributed by atoms with Crippen LogP contribution in [0.15, 0.2) is 24.3 Å². The number of nitrogens with one attached hydrogen (secondary N) is 1. The van der Waals surface area contributed by atoms with Crippen LogP contribution in [0.2, 0.25) is 5.02 Å². The number of rotatable bonds is 6. The Hall–Kier alpha value is -1.79. The molecule has 2 fully saturated rings. The molecule has 0 aliphatic carbocycles. The van der Waals surface area contributed by atoms with E-state index in [4.69, 9.17) is 16.3 Å². The maximum Gasteiger partial charge on any atom is 0.409 e. The minimum absolute atomic E-state index is 0.0141. The quantitative estimate of drug-likeness (QED) is 0.784. The molecule has 1 N–H and O–H groups in total. The fourth-order valence-electron chi connectivity index (χ4n) is 4.14. The molecular formula is C21H30ClN3O3. The SMILES string of the molecule is CCOC(=O)N1CCCC(C(=O)NCC(c2cccc(Cl)c2)N2CCCC2)C1. The molecule has 2 aliphatic rings. The summed E-state index contributed by atoms with van der Waals surface area (Å²) in [7, 11) is 0. The van der Waals surface area contributed by atoms with Crippen molar-refractivity contribution in [1.29, 1.82) is 0 Å². The van der Waals surface area contributed by atoms with Gasteiger partial charge < -0.3 is 15.0 Å². The van der Waals surface area contributed by atoms with Crippen LogP contribution >= 0.6 is 11.6 Å². The summed E-state index contributed by atoms with van der Waals surface area (Å²) in [6.45, 7) is 5.84. The number of hydrogen-bond acceptors (Lipinski definition) is 4. The first-order chi connectivity index (χ1) is 13.6. The molecule has 0 spiro atoms. The largest absolute Gasteiger partial charge is 0.450 e. The number of likely N-dealkylation sites (tertiary alicyclic amines) is 2. The highest BCUT2D eigenvalue weighted by Gasteiger charge is 2.30. The lowest BCUT2D eigenvalue weighted by Gasteiger charge is -2.32. The van der Waals surface area contributed by atoms with Gasteiger partial charge in [0, 0.05) is 24.7 Å². The molecule has 2 atom stereocenters. The molecule has 2 aliphatic heterocycles. The van der Waals surface area contributed by atoms with Gasteiger partial charge in [-0.05, 0) is 63.4 Å². The Kier molecular flexibility index (Phi) is 7.57. The normalized spacial score (nSPS) is 21.4. The smallest absolute Gasteiger partial charge is 0.409 e. The molecule has 0 saturated carbocycles. The highest BCUT2D eigenvalue weighted by atomic mass is 35.5. The second-order valence-corrected chi connectivity index (χ2v) is 7.98. The van der Waals surface area contributed by atoms with Gasteiger partial charge in [-0.25, -0.2) is 4.79 Å². The van der Waals surface area contributed by atoms with Gasteiger partial charge in [-0.2, -0.15) is 0 Å². The molecule has 28 heavy (non-hydrogen) atoms. The van der Waals surface area contributed by atoms with Crippen LogP contribution in [-0.2, 0) is 9.53 Å². The van der Waals surface area contributed by atoms with Crippen LogP contribution in [-0.4, -0.2) is 61.1 Å². The number of piperidine rings is 1. The summed E-state index contributed by atoms with van der Waals surface area (Å²) >= 11 is 6.20. The predicted octanol–water partition coefficient (Wildman–Crippen LogP) is 3.46. The van der Waals surface area contributed by atoms with E-state index >= 15 is 0 Å². The molecule has 0 bridgehead atoms. The lowest BCUT2D eigenvalue weighted by atomic mass is 9.97. The summed E-state index contributed by atoms with van der Waals surface area (Å²) in [4.78, 5) is 28.8. The number of carbonyl (C=O) groups is 2. The first kappa shape index (κ1) is 20.9. The molecule has 0 radical (unpaired) electrons. The monoisotopic (exact) mass is 407 g/mol. The Bertz CT molecular complexity index is 679. The number of carbonyl (C=O) groups excluding carboxylic acids is 2. The van der Waals surface area contributed by atoms with E-state index in [9.17, 15) is 9.59 Å². The van der Waals surface area contributed by atoms with Crippen molar-refractivity contribution in [3.05, 3.63) is 34.9 Å². The molecule has 1 aromatic carbocycles. The van der Waals surface area contributed by atoms with Crippen LogP contribution in [0, 0.1) is 5.92 Å². The van der Waals surface area contributed by atoms with Crippen LogP contribution in [0.25, 0.3) is 0 Å². The molecule has 2 unspecified atom stereocenters. The van der Waals surface area contributed by atoms with Crippen molar-refractivity contribution in [2.45, 2.75) is 38.6 Å². The second kappa shape index (κ2) is 10.1. The molecule has 2 heterocycles. The zero-order valence-electron chi connectivity index (χ0n) is 16.5. The number of halogens is 1. The van der Waals surface area contributed by atoms with E-state index in [-0.39, 0.29) is 24.0 Å². The third kappa shape index (κ3) is 5.39. The topological polar surface area (TPSA) is 61.9 Å². The van der Waals surface area contributed by atoms with Crippen LogP contribution < -0.4 is 5.32 Å². The van der Waals surface area contributed by atoms with E-state index in [1.807, 2.05) is 18.2 Å². The number of nitrogens with zero attached hydrogens (tertiary/aromatic N) is 2. The first-order valence-electron chi connectivity index (χ1n) is 10.3. The molecule has 2 saturated heterocycles. The van der Waals surface area contributed by atoms with Gasteiger partial charge in [0.1, 0.15) is 0 Å². The highest BCUT2D eigenvalue weighted by Crippen LogP contribution is 2.27. The maximum atomic E-state index is 12.8. The Morgan fingerprint density at radius 3 is 2.75 bits per heavy atom. The Balaban J connectivity index is 1.61. The van der Waals surface area contributed by atoms with Crippen molar-refractivity contribution in [2.75, 3.05) is 39.3 Å². The summed E-state index contributed by atoms with van der Waals surface area (Å²) in [6, 6.07) is 8.01. The lowest BCUT2D eigenvalue weighted by Crippen LogP contribution is -2.47. The predicted molar refractivity (Wildman–Crippen MR) is 109 cm³/mol. The van der Waals surface area contributed by atoms with E-state index in [0.29, 0.717) is 31.3 Å². The summed E-state index contributed by atoms with van der Waals surface area (Å²) < 4.78 is 5.08. The van der Waals surface area contributed by atoms with Crippen molar-refractivity contribution in [3.63, 3.8) is 0 Å². The van der Waals surface area contributed by atoms with Crippen molar-refractivity contribution >= 4 is 23.6 Å². The molecule has 3 rings (SSSR count). The Morgan fingerprint density at radius 1 is 1.25 bits per heavy atom. The van der Waals surface area contributed by atoms with Crippen LogP contribution in [0.1, 0.15) is 44.2 Å². The molecule has 6 nitrogen and oxygen atoms in total. The molecule has 0 aromatic heterocycles.